The van der Waals surface area contributed by atoms with E-state index in [1.54, 1.807) is 6.08 Å². The highest BCUT2D eigenvalue weighted by atomic mass is 32.2. The fourth-order valence-corrected chi connectivity index (χ4v) is 1.18. The third-order valence-electron chi connectivity index (χ3n) is 1.55. The van der Waals surface area contributed by atoms with Gasteiger partial charge in [-0.1, -0.05) is 26.2 Å². The molecule has 0 aliphatic heterocycles. The maximum absolute atomic E-state index is 10.5. The van der Waals surface area contributed by atoms with Gasteiger partial charge in [0.2, 0.25) is 0 Å². The molecule has 0 aromatic rings. The summed E-state index contributed by atoms with van der Waals surface area (Å²) in [5.74, 6) is 0. The zero-order valence-electron chi connectivity index (χ0n) is 8.32. The van der Waals surface area contributed by atoms with Crippen molar-refractivity contribution >= 4 is 10.1 Å². The van der Waals surface area contributed by atoms with Crippen LogP contribution in [0.2, 0.25) is 0 Å². The number of hydrogen-bond donors (Lipinski definition) is 0. The van der Waals surface area contributed by atoms with E-state index in [9.17, 15) is 8.42 Å². The largest absolute Gasteiger partial charge is 0.391 e. The summed E-state index contributed by atoms with van der Waals surface area (Å²) >= 11 is 0. The lowest BCUT2D eigenvalue weighted by Gasteiger charge is -1.95. The summed E-state index contributed by atoms with van der Waals surface area (Å²) in [5.41, 5.74) is 0. The summed E-state index contributed by atoms with van der Waals surface area (Å²) in [7, 11) is -3.31. The van der Waals surface area contributed by atoms with E-state index < -0.39 is 10.1 Å². The SMILES string of the molecule is CCCCCC/C=C/OS(C)(=O)=O. The molecule has 0 rings (SSSR count). The molecule has 0 N–H and O–H groups in total. The maximum Gasteiger partial charge on any atom is 0.305 e. The molecule has 0 aliphatic rings. The minimum Gasteiger partial charge on any atom is -0.391 e. The Morgan fingerprint density at radius 1 is 1.23 bits per heavy atom. The van der Waals surface area contributed by atoms with Gasteiger partial charge in [0, 0.05) is 0 Å². The molecule has 0 radical (unpaired) electrons. The molecule has 0 fully saturated rings. The summed E-state index contributed by atoms with van der Waals surface area (Å²) in [6.07, 6.45) is 9.66. The van der Waals surface area contributed by atoms with Crippen LogP contribution in [0.5, 0.6) is 0 Å². The van der Waals surface area contributed by atoms with Crippen LogP contribution >= 0.6 is 0 Å². The van der Waals surface area contributed by atoms with Crippen LogP contribution in [0.4, 0.5) is 0 Å². The first kappa shape index (κ1) is 12.5. The third-order valence-corrected chi connectivity index (χ3v) is 2.01. The van der Waals surface area contributed by atoms with Crippen molar-refractivity contribution in [2.75, 3.05) is 6.26 Å². The van der Waals surface area contributed by atoms with Gasteiger partial charge in [0.1, 0.15) is 6.26 Å². The first-order valence-electron chi connectivity index (χ1n) is 4.59. The normalized spacial score (nSPS) is 12.2. The second-order valence-corrected chi connectivity index (χ2v) is 4.62. The lowest BCUT2D eigenvalue weighted by atomic mass is 10.2. The molecule has 13 heavy (non-hydrogen) atoms. The van der Waals surface area contributed by atoms with E-state index in [2.05, 4.69) is 11.1 Å². The van der Waals surface area contributed by atoms with Crippen molar-refractivity contribution < 1.29 is 12.6 Å². The zero-order chi connectivity index (χ0) is 10.2. The monoisotopic (exact) mass is 206 g/mol. The topological polar surface area (TPSA) is 43.4 Å². The standard InChI is InChI=1S/C9H18O3S/c1-3-4-5-6-7-8-9-12-13(2,10)11/h8-9H,3-7H2,1-2H3/b9-8+. The summed E-state index contributed by atoms with van der Waals surface area (Å²) in [5, 5.41) is 0. The summed E-state index contributed by atoms with van der Waals surface area (Å²) in [6, 6.07) is 0. The van der Waals surface area contributed by atoms with Crippen LogP contribution in [0.15, 0.2) is 12.3 Å². The number of hydrogen-bond acceptors (Lipinski definition) is 3. The first-order chi connectivity index (χ1) is 6.06. The Bertz CT molecular complexity index is 229. The van der Waals surface area contributed by atoms with Crippen LogP contribution in [0, 0.1) is 0 Å². The Labute approximate surface area is 80.9 Å². The van der Waals surface area contributed by atoms with E-state index in [1.807, 2.05) is 0 Å². The fourth-order valence-electron chi connectivity index (χ4n) is 0.897. The van der Waals surface area contributed by atoms with Crippen molar-refractivity contribution in [1.29, 1.82) is 0 Å². The third kappa shape index (κ3) is 11.5. The second kappa shape index (κ2) is 6.95. The van der Waals surface area contributed by atoms with Crippen molar-refractivity contribution in [1.82, 2.24) is 0 Å². The van der Waals surface area contributed by atoms with Gasteiger partial charge in [-0.25, -0.2) is 0 Å². The van der Waals surface area contributed by atoms with Crippen LogP contribution in [0.25, 0.3) is 0 Å². The minimum absolute atomic E-state index is 0.884. The van der Waals surface area contributed by atoms with Gasteiger partial charge in [-0.2, -0.15) is 8.42 Å². The van der Waals surface area contributed by atoms with Crippen LogP contribution in [-0.2, 0) is 14.3 Å². The van der Waals surface area contributed by atoms with Crippen molar-refractivity contribution in [2.24, 2.45) is 0 Å². The van der Waals surface area contributed by atoms with Gasteiger partial charge in [-0.3, -0.25) is 0 Å². The number of unbranched alkanes of at least 4 members (excludes halogenated alkanes) is 4. The summed E-state index contributed by atoms with van der Waals surface area (Å²) in [6.45, 7) is 2.16. The van der Waals surface area contributed by atoms with Gasteiger partial charge in [0.05, 0.1) is 6.26 Å². The zero-order valence-corrected chi connectivity index (χ0v) is 9.14. The van der Waals surface area contributed by atoms with Crippen molar-refractivity contribution in [3.63, 3.8) is 0 Å². The predicted octanol–water partition coefficient (Wildman–Crippen LogP) is 2.45. The predicted molar refractivity (Wildman–Crippen MR) is 53.8 cm³/mol. The van der Waals surface area contributed by atoms with Gasteiger partial charge in [0.15, 0.2) is 0 Å². The van der Waals surface area contributed by atoms with E-state index >= 15 is 0 Å². The van der Waals surface area contributed by atoms with Gasteiger partial charge >= 0.3 is 10.1 Å². The highest BCUT2D eigenvalue weighted by molar-refractivity contribution is 7.86. The van der Waals surface area contributed by atoms with Crippen LogP contribution in [0.1, 0.15) is 39.0 Å². The lowest BCUT2D eigenvalue weighted by molar-refractivity contribution is 0.448. The molecule has 0 atom stereocenters. The average molecular weight is 206 g/mol. The molecule has 0 aliphatic carbocycles. The van der Waals surface area contributed by atoms with Crippen LogP contribution in [-0.4, -0.2) is 14.7 Å². The number of allylic oxidation sites excluding steroid dienone is 1. The molecule has 4 heteroatoms. The van der Waals surface area contributed by atoms with E-state index in [0.717, 1.165) is 19.1 Å². The van der Waals surface area contributed by atoms with Crippen molar-refractivity contribution in [2.45, 2.75) is 39.0 Å². The van der Waals surface area contributed by atoms with Crippen LogP contribution in [0.3, 0.4) is 0 Å². The van der Waals surface area contributed by atoms with Gasteiger partial charge in [-0.15, -0.1) is 0 Å². The molecule has 0 bridgehead atoms. The van der Waals surface area contributed by atoms with E-state index in [4.69, 9.17) is 0 Å². The fraction of sp³-hybridized carbons (Fsp3) is 0.778. The molecule has 0 amide bonds. The molecule has 0 heterocycles. The van der Waals surface area contributed by atoms with Crippen LogP contribution < -0.4 is 0 Å². The molecule has 0 unspecified atom stereocenters. The molecule has 0 saturated heterocycles. The number of rotatable bonds is 7. The molecule has 0 saturated carbocycles. The van der Waals surface area contributed by atoms with Gasteiger partial charge in [-0.05, 0) is 18.9 Å². The molecule has 3 nitrogen and oxygen atoms in total. The molecule has 78 valence electrons. The first-order valence-corrected chi connectivity index (χ1v) is 6.41. The molecular formula is C9H18O3S. The Morgan fingerprint density at radius 3 is 2.46 bits per heavy atom. The Balaban J connectivity index is 3.33. The summed E-state index contributed by atoms with van der Waals surface area (Å²) < 4.78 is 25.4. The molecule has 0 spiro atoms. The van der Waals surface area contributed by atoms with E-state index in [0.29, 0.717) is 0 Å². The quantitative estimate of drug-likeness (QED) is 0.365. The molecule has 0 aromatic heterocycles. The van der Waals surface area contributed by atoms with Crippen molar-refractivity contribution in [3.8, 4) is 0 Å². The second-order valence-electron chi connectivity index (χ2n) is 3.02. The average Bonchev–Trinajstić information content (AvgIpc) is 2.01. The highest BCUT2D eigenvalue weighted by Gasteiger charge is 1.94. The lowest BCUT2D eigenvalue weighted by Crippen LogP contribution is -1.95. The van der Waals surface area contributed by atoms with Gasteiger partial charge < -0.3 is 4.18 Å². The molecular weight excluding hydrogens is 188 g/mol. The van der Waals surface area contributed by atoms with Gasteiger partial charge in [0.25, 0.3) is 0 Å². The smallest absolute Gasteiger partial charge is 0.305 e. The highest BCUT2D eigenvalue weighted by Crippen LogP contribution is 2.03. The van der Waals surface area contributed by atoms with E-state index in [1.165, 1.54) is 25.5 Å². The molecule has 0 aromatic carbocycles. The Kier molecular flexibility index (Phi) is 6.68. The maximum atomic E-state index is 10.5. The van der Waals surface area contributed by atoms with Crippen molar-refractivity contribution in [3.05, 3.63) is 12.3 Å². The Hall–Kier alpha value is -0.510. The summed E-state index contributed by atoms with van der Waals surface area (Å²) in [4.78, 5) is 0. The minimum atomic E-state index is -3.31. The Morgan fingerprint density at radius 2 is 1.92 bits per heavy atom. The van der Waals surface area contributed by atoms with E-state index in [-0.39, 0.29) is 0 Å².